The largest absolute Gasteiger partial charge is 0.468 e. The highest BCUT2D eigenvalue weighted by molar-refractivity contribution is 5.56. The van der Waals surface area contributed by atoms with Crippen LogP contribution in [-0.4, -0.2) is 26.1 Å². The van der Waals surface area contributed by atoms with Crippen LogP contribution in [-0.2, 0) is 4.79 Å². The lowest BCUT2D eigenvalue weighted by Crippen LogP contribution is -2.32. The van der Waals surface area contributed by atoms with Gasteiger partial charge in [-0.05, 0) is 37.2 Å². The number of nitrogens with one attached hydrogen (secondary N) is 1. The molecule has 1 aromatic carbocycles. The smallest absolute Gasteiger partial charge is 0.206 e. The summed E-state index contributed by atoms with van der Waals surface area (Å²) in [5.41, 5.74) is 6.75. The minimum Gasteiger partial charge on any atom is -0.468 e. The minimum absolute atomic E-state index is 0.334. The maximum absolute atomic E-state index is 10.6. The van der Waals surface area contributed by atoms with Crippen molar-refractivity contribution < 1.29 is 9.53 Å². The van der Waals surface area contributed by atoms with Crippen LogP contribution in [0.5, 0.6) is 5.75 Å². The molecule has 0 fully saturated rings. The number of benzene rings is 1. The Morgan fingerprint density at radius 2 is 2.06 bits per heavy atom. The van der Waals surface area contributed by atoms with Gasteiger partial charge in [-0.25, -0.2) is 0 Å². The number of carbonyl (C=O) groups is 1. The highest BCUT2D eigenvalue weighted by atomic mass is 16.5. The summed E-state index contributed by atoms with van der Waals surface area (Å²) in [7, 11) is 1.67. The Balaban J connectivity index is 2.67. The fraction of sp³-hybridized carbons (Fsp3) is 0.417. The molecular weight excluding hydrogens is 204 g/mol. The lowest BCUT2D eigenvalue weighted by atomic mass is 10.0. The monoisotopic (exact) mass is 222 g/mol. The lowest BCUT2D eigenvalue weighted by molar-refractivity contribution is -0.114. The fourth-order valence-electron chi connectivity index (χ4n) is 1.31. The van der Waals surface area contributed by atoms with E-state index in [0.29, 0.717) is 18.2 Å². The van der Waals surface area contributed by atoms with E-state index in [1.807, 2.05) is 24.3 Å². The molecule has 1 rings (SSSR count). The summed E-state index contributed by atoms with van der Waals surface area (Å²) >= 11 is 0. The van der Waals surface area contributed by atoms with E-state index in [-0.39, 0.29) is 0 Å². The van der Waals surface area contributed by atoms with Gasteiger partial charge in [0.15, 0.2) is 6.29 Å². The quantitative estimate of drug-likeness (QED) is 0.554. The van der Waals surface area contributed by atoms with Crippen LogP contribution >= 0.6 is 0 Å². The molecule has 0 saturated heterocycles. The molecule has 4 heteroatoms. The second-order valence-corrected chi connectivity index (χ2v) is 3.67. The lowest BCUT2D eigenvalue weighted by Gasteiger charge is -2.14. The van der Waals surface area contributed by atoms with Crippen molar-refractivity contribution in [3.05, 3.63) is 29.8 Å². The van der Waals surface area contributed by atoms with Gasteiger partial charge in [0, 0.05) is 0 Å². The highest BCUT2D eigenvalue weighted by Gasteiger charge is 2.06. The highest BCUT2D eigenvalue weighted by Crippen LogP contribution is 2.18. The second kappa shape index (κ2) is 6.25. The average Bonchev–Trinajstić information content (AvgIpc) is 2.35. The van der Waals surface area contributed by atoms with E-state index in [1.165, 1.54) is 5.56 Å². The zero-order chi connectivity index (χ0) is 12.0. The van der Waals surface area contributed by atoms with Gasteiger partial charge in [0.25, 0.3) is 0 Å². The topological polar surface area (TPSA) is 64.3 Å². The maximum atomic E-state index is 10.6. The van der Waals surface area contributed by atoms with Gasteiger partial charge < -0.3 is 10.5 Å². The van der Waals surface area contributed by atoms with Gasteiger partial charge in [-0.1, -0.05) is 19.1 Å². The molecule has 0 aromatic heterocycles. The first-order valence-electron chi connectivity index (χ1n) is 5.30. The molecular formula is C12H18N2O2. The molecule has 0 aliphatic heterocycles. The Kier molecular flexibility index (Phi) is 4.95. The molecule has 1 aromatic rings. The van der Waals surface area contributed by atoms with E-state index in [1.54, 1.807) is 7.05 Å². The van der Waals surface area contributed by atoms with Crippen LogP contribution in [0.15, 0.2) is 24.3 Å². The van der Waals surface area contributed by atoms with Crippen LogP contribution in [0.4, 0.5) is 0 Å². The third-order valence-corrected chi connectivity index (χ3v) is 2.47. The van der Waals surface area contributed by atoms with Crippen LogP contribution < -0.4 is 15.8 Å². The van der Waals surface area contributed by atoms with Crippen molar-refractivity contribution in [2.24, 2.45) is 5.73 Å². The Hall–Kier alpha value is -1.39. The number of carbonyl (C=O) groups excluding carboxylic acids is 1. The zero-order valence-electron chi connectivity index (χ0n) is 9.64. The molecule has 0 heterocycles. The first-order chi connectivity index (χ1) is 7.71. The molecule has 0 aliphatic carbocycles. The van der Waals surface area contributed by atoms with Gasteiger partial charge in [0.1, 0.15) is 5.75 Å². The normalized spacial score (nSPS) is 14.2. The van der Waals surface area contributed by atoms with Gasteiger partial charge in [0.2, 0.25) is 6.23 Å². The number of rotatable bonds is 6. The van der Waals surface area contributed by atoms with Gasteiger partial charge in [0.05, 0.1) is 0 Å². The summed E-state index contributed by atoms with van der Waals surface area (Å²) in [6.45, 7) is 2.69. The molecule has 1 unspecified atom stereocenters. The standard InChI is InChI=1S/C12H18N2O2/c1-9(7-13)10-3-5-11(6-4-10)16-12(8-15)14-2/h3-6,8-9,12,14H,7,13H2,1-2H3/t9-,12?/m0/s1. The summed E-state index contributed by atoms with van der Waals surface area (Å²) < 4.78 is 5.37. The fourth-order valence-corrected chi connectivity index (χ4v) is 1.31. The van der Waals surface area contributed by atoms with Gasteiger partial charge in [-0.15, -0.1) is 0 Å². The van der Waals surface area contributed by atoms with Crippen molar-refractivity contribution in [1.82, 2.24) is 5.32 Å². The Morgan fingerprint density at radius 3 is 2.50 bits per heavy atom. The Bertz CT molecular complexity index is 324. The van der Waals surface area contributed by atoms with E-state index in [0.717, 1.165) is 6.29 Å². The first kappa shape index (κ1) is 12.7. The predicted octanol–water partition coefficient (Wildman–Crippen LogP) is 0.872. The molecule has 0 amide bonds. The number of hydrogen-bond donors (Lipinski definition) is 2. The van der Waals surface area contributed by atoms with E-state index in [4.69, 9.17) is 10.5 Å². The van der Waals surface area contributed by atoms with E-state index >= 15 is 0 Å². The zero-order valence-corrected chi connectivity index (χ0v) is 9.64. The van der Waals surface area contributed by atoms with Gasteiger partial charge >= 0.3 is 0 Å². The predicted molar refractivity (Wildman–Crippen MR) is 63.5 cm³/mol. The molecule has 0 bridgehead atoms. The van der Waals surface area contributed by atoms with Crippen molar-refractivity contribution in [3.63, 3.8) is 0 Å². The minimum atomic E-state index is -0.599. The number of hydrogen-bond acceptors (Lipinski definition) is 4. The SMILES string of the molecule is CNC(C=O)Oc1ccc([C@@H](C)CN)cc1. The summed E-state index contributed by atoms with van der Waals surface area (Å²) in [4.78, 5) is 10.6. The van der Waals surface area contributed by atoms with Gasteiger partial charge in [-0.2, -0.15) is 0 Å². The molecule has 2 atom stereocenters. The van der Waals surface area contributed by atoms with Crippen LogP contribution in [0, 0.1) is 0 Å². The van der Waals surface area contributed by atoms with Crippen LogP contribution in [0.25, 0.3) is 0 Å². The number of nitrogens with two attached hydrogens (primary N) is 1. The number of ether oxygens (including phenoxy) is 1. The summed E-state index contributed by atoms with van der Waals surface area (Å²) in [6.07, 6.45) is 0.119. The number of likely N-dealkylation sites (N-methyl/N-ethyl adjacent to an activating group) is 1. The third kappa shape index (κ3) is 3.32. The third-order valence-electron chi connectivity index (χ3n) is 2.47. The Labute approximate surface area is 95.8 Å². The molecule has 4 nitrogen and oxygen atoms in total. The van der Waals surface area contributed by atoms with E-state index in [9.17, 15) is 4.79 Å². The summed E-state index contributed by atoms with van der Waals surface area (Å²) in [6, 6.07) is 7.61. The average molecular weight is 222 g/mol. The molecule has 0 spiro atoms. The molecule has 16 heavy (non-hydrogen) atoms. The van der Waals surface area contributed by atoms with Crippen molar-refractivity contribution in [2.75, 3.05) is 13.6 Å². The Morgan fingerprint density at radius 1 is 1.44 bits per heavy atom. The van der Waals surface area contributed by atoms with Crippen molar-refractivity contribution >= 4 is 6.29 Å². The van der Waals surface area contributed by atoms with E-state index < -0.39 is 6.23 Å². The number of aldehydes is 1. The summed E-state index contributed by atoms with van der Waals surface area (Å²) in [5, 5.41) is 2.74. The molecule has 3 N–H and O–H groups in total. The van der Waals surface area contributed by atoms with E-state index in [2.05, 4.69) is 12.2 Å². The van der Waals surface area contributed by atoms with Gasteiger partial charge in [-0.3, -0.25) is 10.1 Å². The second-order valence-electron chi connectivity index (χ2n) is 3.67. The van der Waals surface area contributed by atoms with Crippen molar-refractivity contribution in [2.45, 2.75) is 19.1 Å². The van der Waals surface area contributed by atoms with Crippen LogP contribution in [0.1, 0.15) is 18.4 Å². The van der Waals surface area contributed by atoms with Crippen LogP contribution in [0.2, 0.25) is 0 Å². The molecule has 0 saturated carbocycles. The van der Waals surface area contributed by atoms with Crippen molar-refractivity contribution in [3.8, 4) is 5.75 Å². The molecule has 0 aliphatic rings. The molecule has 0 radical (unpaired) electrons. The first-order valence-corrected chi connectivity index (χ1v) is 5.30. The molecule has 88 valence electrons. The van der Waals surface area contributed by atoms with Crippen LogP contribution in [0.3, 0.4) is 0 Å². The summed E-state index contributed by atoms with van der Waals surface area (Å²) in [5.74, 6) is 1.000. The van der Waals surface area contributed by atoms with Crippen molar-refractivity contribution in [1.29, 1.82) is 0 Å². The maximum Gasteiger partial charge on any atom is 0.206 e.